The van der Waals surface area contributed by atoms with Gasteiger partial charge in [0.25, 0.3) is 5.91 Å². The van der Waals surface area contributed by atoms with E-state index in [1.54, 1.807) is 17.0 Å². The van der Waals surface area contributed by atoms with E-state index in [0.29, 0.717) is 24.6 Å². The monoisotopic (exact) mass is 419 g/mol. The van der Waals surface area contributed by atoms with Gasteiger partial charge in [-0.1, -0.05) is 60.7 Å². The molecule has 3 aromatic rings. The first kappa shape index (κ1) is 21.9. The van der Waals surface area contributed by atoms with Crippen molar-refractivity contribution in [2.75, 3.05) is 20.8 Å². The molecule has 3 rings (SSSR count). The summed E-state index contributed by atoms with van der Waals surface area (Å²) in [7, 11) is 2.97. The summed E-state index contributed by atoms with van der Waals surface area (Å²) >= 11 is 0. The maximum absolute atomic E-state index is 13.0. The Morgan fingerprint density at radius 2 is 1.35 bits per heavy atom. The molecule has 3 aromatic carbocycles. The summed E-state index contributed by atoms with van der Waals surface area (Å²) in [4.78, 5) is 27.2. The zero-order chi connectivity index (χ0) is 22.1. The fourth-order valence-corrected chi connectivity index (χ4v) is 3.11. The van der Waals surface area contributed by atoms with Crippen LogP contribution in [0.4, 0.5) is 0 Å². The van der Waals surface area contributed by atoms with Crippen LogP contribution in [0, 0.1) is 0 Å². The number of nitrogens with zero attached hydrogens (tertiary/aromatic N) is 1. The Labute approximate surface area is 182 Å². The first-order valence-corrected chi connectivity index (χ1v) is 9.85. The van der Waals surface area contributed by atoms with Crippen LogP contribution < -0.4 is 9.47 Å². The van der Waals surface area contributed by atoms with Gasteiger partial charge in [-0.15, -0.1) is 0 Å². The molecule has 0 aliphatic rings. The van der Waals surface area contributed by atoms with Gasteiger partial charge in [-0.25, -0.2) is 4.79 Å². The number of amides is 1. The van der Waals surface area contributed by atoms with E-state index in [2.05, 4.69) is 0 Å². The van der Waals surface area contributed by atoms with Crippen LogP contribution in [0.2, 0.25) is 0 Å². The molecule has 0 aliphatic carbocycles. The second-order valence-corrected chi connectivity index (χ2v) is 6.86. The highest BCUT2D eigenvalue weighted by atomic mass is 16.5. The number of methoxy groups -OCH3 is 2. The molecule has 0 saturated carbocycles. The molecule has 0 radical (unpaired) electrons. The Morgan fingerprint density at radius 3 is 1.87 bits per heavy atom. The molecule has 0 N–H and O–H groups in total. The van der Waals surface area contributed by atoms with Crippen LogP contribution in [-0.4, -0.2) is 37.6 Å². The van der Waals surface area contributed by atoms with Gasteiger partial charge in [0, 0.05) is 13.1 Å². The molecule has 0 aliphatic heterocycles. The van der Waals surface area contributed by atoms with Gasteiger partial charge in [-0.2, -0.15) is 0 Å². The molecule has 1 amide bonds. The molecule has 6 nitrogen and oxygen atoms in total. The van der Waals surface area contributed by atoms with Gasteiger partial charge in [-0.3, -0.25) is 4.79 Å². The Kier molecular flexibility index (Phi) is 7.65. The highest BCUT2D eigenvalue weighted by molar-refractivity contribution is 5.94. The topological polar surface area (TPSA) is 65.1 Å². The van der Waals surface area contributed by atoms with E-state index in [9.17, 15) is 9.59 Å². The van der Waals surface area contributed by atoms with Crippen LogP contribution in [0.3, 0.4) is 0 Å². The van der Waals surface area contributed by atoms with Crippen molar-refractivity contribution in [3.8, 4) is 11.5 Å². The third-order valence-electron chi connectivity index (χ3n) is 4.74. The fraction of sp³-hybridized carbons (Fsp3) is 0.200. The van der Waals surface area contributed by atoms with Crippen LogP contribution in [0.25, 0.3) is 0 Å². The third kappa shape index (κ3) is 6.09. The summed E-state index contributed by atoms with van der Waals surface area (Å²) < 4.78 is 15.7. The van der Waals surface area contributed by atoms with Gasteiger partial charge in [0.2, 0.25) is 0 Å². The number of benzene rings is 3. The number of esters is 1. The molecule has 0 atom stereocenters. The van der Waals surface area contributed by atoms with Crippen molar-refractivity contribution in [3.05, 3.63) is 95.6 Å². The lowest BCUT2D eigenvalue weighted by Gasteiger charge is -2.23. The lowest BCUT2D eigenvalue weighted by atomic mass is 10.1. The van der Waals surface area contributed by atoms with E-state index in [4.69, 9.17) is 14.2 Å². The molecular weight excluding hydrogens is 394 g/mol. The molecule has 6 heteroatoms. The van der Waals surface area contributed by atoms with Crippen molar-refractivity contribution in [2.24, 2.45) is 0 Å². The predicted molar refractivity (Wildman–Crippen MR) is 117 cm³/mol. The summed E-state index contributed by atoms with van der Waals surface area (Å²) in [6.07, 6.45) is 0. The zero-order valence-corrected chi connectivity index (χ0v) is 17.6. The minimum absolute atomic E-state index is 0.201. The largest absolute Gasteiger partial charge is 0.497 e. The average molecular weight is 419 g/mol. The number of hydrogen-bond donors (Lipinski definition) is 0. The van der Waals surface area contributed by atoms with Crippen molar-refractivity contribution < 1.29 is 23.8 Å². The van der Waals surface area contributed by atoms with Crippen molar-refractivity contribution in [1.82, 2.24) is 4.90 Å². The molecule has 31 heavy (non-hydrogen) atoms. The van der Waals surface area contributed by atoms with E-state index in [1.165, 1.54) is 20.3 Å². The van der Waals surface area contributed by atoms with E-state index in [-0.39, 0.29) is 18.1 Å². The average Bonchev–Trinajstić information content (AvgIpc) is 2.82. The van der Waals surface area contributed by atoms with Gasteiger partial charge in [0.1, 0.15) is 17.1 Å². The smallest absolute Gasteiger partial charge is 0.342 e. The van der Waals surface area contributed by atoms with Crippen LogP contribution in [0.5, 0.6) is 11.5 Å². The third-order valence-corrected chi connectivity index (χ3v) is 4.74. The van der Waals surface area contributed by atoms with E-state index in [1.807, 2.05) is 60.7 Å². The lowest BCUT2D eigenvalue weighted by Crippen LogP contribution is -2.34. The number of hydrogen-bond acceptors (Lipinski definition) is 5. The minimum Gasteiger partial charge on any atom is -0.497 e. The van der Waals surface area contributed by atoms with Gasteiger partial charge in [0.15, 0.2) is 6.61 Å². The van der Waals surface area contributed by atoms with Crippen molar-refractivity contribution in [3.63, 3.8) is 0 Å². The Hall–Kier alpha value is -3.80. The van der Waals surface area contributed by atoms with E-state index >= 15 is 0 Å². The molecule has 0 aromatic heterocycles. The molecule has 0 saturated heterocycles. The summed E-state index contributed by atoms with van der Waals surface area (Å²) in [6, 6.07) is 24.2. The van der Waals surface area contributed by atoms with Crippen LogP contribution in [0.1, 0.15) is 21.5 Å². The molecule has 0 fully saturated rings. The van der Waals surface area contributed by atoms with Crippen LogP contribution in [0.15, 0.2) is 78.9 Å². The first-order chi connectivity index (χ1) is 15.1. The number of rotatable bonds is 9. The Bertz CT molecular complexity index is 963. The maximum atomic E-state index is 13.0. The maximum Gasteiger partial charge on any atom is 0.342 e. The normalized spacial score (nSPS) is 10.3. The number of carbonyl (C=O) groups is 2. The van der Waals surface area contributed by atoms with Crippen molar-refractivity contribution in [1.29, 1.82) is 0 Å². The predicted octanol–water partition coefficient (Wildman–Crippen LogP) is 4.09. The molecular formula is C25H25NO5. The lowest BCUT2D eigenvalue weighted by molar-refractivity contribution is -0.135. The van der Waals surface area contributed by atoms with Crippen LogP contribution >= 0.6 is 0 Å². The molecule has 0 heterocycles. The Balaban J connectivity index is 1.71. The number of carbonyl (C=O) groups excluding carboxylic acids is 2. The fourth-order valence-electron chi connectivity index (χ4n) is 3.11. The number of ether oxygens (including phenoxy) is 3. The van der Waals surface area contributed by atoms with E-state index in [0.717, 1.165) is 11.1 Å². The van der Waals surface area contributed by atoms with E-state index < -0.39 is 5.97 Å². The van der Waals surface area contributed by atoms with Gasteiger partial charge in [-0.05, 0) is 29.3 Å². The molecule has 0 unspecified atom stereocenters. The molecule has 0 spiro atoms. The second kappa shape index (κ2) is 10.8. The highest BCUT2D eigenvalue weighted by Crippen LogP contribution is 2.24. The zero-order valence-electron chi connectivity index (χ0n) is 17.6. The summed E-state index contributed by atoms with van der Waals surface area (Å²) in [6.45, 7) is 0.446. The molecule has 160 valence electrons. The Morgan fingerprint density at radius 1 is 0.774 bits per heavy atom. The summed E-state index contributed by atoms with van der Waals surface area (Å²) in [5, 5.41) is 0. The quantitative estimate of drug-likeness (QED) is 0.489. The first-order valence-electron chi connectivity index (χ1n) is 9.85. The van der Waals surface area contributed by atoms with Gasteiger partial charge >= 0.3 is 5.97 Å². The SMILES string of the molecule is COc1ccc(OC)c(C(=O)OCC(=O)N(Cc2ccccc2)Cc2ccccc2)c1. The van der Waals surface area contributed by atoms with Crippen LogP contribution in [-0.2, 0) is 22.6 Å². The van der Waals surface area contributed by atoms with Gasteiger partial charge < -0.3 is 19.1 Å². The standard InChI is InChI=1S/C25H25NO5/c1-29-21-13-14-23(30-2)22(15-21)25(28)31-18-24(27)26(16-19-9-5-3-6-10-19)17-20-11-7-4-8-12-20/h3-15H,16-18H2,1-2H3. The minimum atomic E-state index is -0.650. The van der Waals surface area contributed by atoms with Gasteiger partial charge in [0.05, 0.1) is 14.2 Å². The summed E-state index contributed by atoms with van der Waals surface area (Å²) in [5.74, 6) is -0.0936. The second-order valence-electron chi connectivity index (χ2n) is 6.86. The van der Waals surface area contributed by atoms with Crippen molar-refractivity contribution >= 4 is 11.9 Å². The summed E-state index contributed by atoms with van der Waals surface area (Å²) in [5.41, 5.74) is 2.19. The highest BCUT2D eigenvalue weighted by Gasteiger charge is 2.20. The molecule has 0 bridgehead atoms. The van der Waals surface area contributed by atoms with Crippen molar-refractivity contribution in [2.45, 2.75) is 13.1 Å².